The Morgan fingerprint density at radius 3 is 2.42 bits per heavy atom. The average molecular weight is 347 g/mol. The fraction of sp³-hybridized carbons (Fsp3) is 0.261. The zero-order valence-corrected chi connectivity index (χ0v) is 15.7. The molecule has 0 aromatic heterocycles. The highest BCUT2D eigenvalue weighted by Gasteiger charge is 2.18. The third-order valence-corrected chi connectivity index (χ3v) is 4.81. The number of hydrogen-bond acceptors (Lipinski definition) is 2. The molecule has 26 heavy (non-hydrogen) atoms. The molecule has 0 saturated heterocycles. The maximum atomic E-state index is 12.6. The van der Waals surface area contributed by atoms with Crippen LogP contribution in [0.4, 0.5) is 0 Å². The van der Waals surface area contributed by atoms with Crippen molar-refractivity contribution in [1.29, 1.82) is 0 Å². The summed E-state index contributed by atoms with van der Waals surface area (Å²) < 4.78 is 5.96. The molecule has 1 amide bonds. The van der Waals surface area contributed by atoms with Gasteiger partial charge in [-0.3, -0.25) is 4.79 Å². The summed E-state index contributed by atoms with van der Waals surface area (Å²) >= 11 is 0. The Labute approximate surface area is 155 Å². The predicted octanol–water partition coefficient (Wildman–Crippen LogP) is 5.10. The molecule has 3 nitrogen and oxygen atoms in total. The molecule has 3 aromatic rings. The molecule has 3 heteroatoms. The van der Waals surface area contributed by atoms with E-state index < -0.39 is 6.10 Å². The van der Waals surface area contributed by atoms with Crippen LogP contribution in [0.2, 0.25) is 0 Å². The third-order valence-electron chi connectivity index (χ3n) is 4.81. The minimum Gasteiger partial charge on any atom is -0.480 e. The Hall–Kier alpha value is -2.81. The molecule has 0 saturated carbocycles. The van der Waals surface area contributed by atoms with E-state index in [1.807, 2.05) is 49.4 Å². The molecule has 0 fully saturated rings. The topological polar surface area (TPSA) is 38.3 Å². The zero-order chi connectivity index (χ0) is 18.7. The van der Waals surface area contributed by atoms with Crippen LogP contribution < -0.4 is 10.1 Å². The highest BCUT2D eigenvalue weighted by molar-refractivity contribution is 5.89. The predicted molar refractivity (Wildman–Crippen MR) is 107 cm³/mol. The van der Waals surface area contributed by atoms with Gasteiger partial charge in [0.1, 0.15) is 5.75 Å². The average Bonchev–Trinajstić information content (AvgIpc) is 2.64. The van der Waals surface area contributed by atoms with E-state index in [-0.39, 0.29) is 11.9 Å². The smallest absolute Gasteiger partial charge is 0.261 e. The number of fused-ring (bicyclic) bond motifs is 1. The summed E-state index contributed by atoms with van der Waals surface area (Å²) in [5.41, 5.74) is 3.57. The van der Waals surface area contributed by atoms with Crippen molar-refractivity contribution in [2.45, 2.75) is 39.8 Å². The van der Waals surface area contributed by atoms with Gasteiger partial charge in [0.15, 0.2) is 6.10 Å². The largest absolute Gasteiger partial charge is 0.480 e. The molecule has 0 radical (unpaired) electrons. The van der Waals surface area contributed by atoms with Crippen LogP contribution in [0.15, 0.2) is 60.7 Å². The lowest BCUT2D eigenvalue weighted by molar-refractivity contribution is -0.127. The summed E-state index contributed by atoms with van der Waals surface area (Å²) in [5, 5.41) is 5.16. The van der Waals surface area contributed by atoms with Crippen LogP contribution in [0.25, 0.3) is 10.8 Å². The van der Waals surface area contributed by atoms with Crippen molar-refractivity contribution in [3.05, 3.63) is 77.4 Å². The van der Waals surface area contributed by atoms with Crippen LogP contribution >= 0.6 is 0 Å². The molecule has 134 valence electrons. The van der Waals surface area contributed by atoms with E-state index in [0.29, 0.717) is 0 Å². The van der Waals surface area contributed by atoms with Gasteiger partial charge in [0, 0.05) is 5.39 Å². The molecular formula is C23H25NO2. The van der Waals surface area contributed by atoms with Gasteiger partial charge >= 0.3 is 0 Å². The first-order valence-electron chi connectivity index (χ1n) is 8.97. The van der Waals surface area contributed by atoms with Crippen molar-refractivity contribution in [2.24, 2.45) is 0 Å². The summed E-state index contributed by atoms with van der Waals surface area (Å²) in [4.78, 5) is 12.6. The molecule has 0 bridgehead atoms. The first-order chi connectivity index (χ1) is 12.5. The number of carbonyl (C=O) groups is 1. The van der Waals surface area contributed by atoms with Gasteiger partial charge in [-0.1, -0.05) is 54.6 Å². The lowest BCUT2D eigenvalue weighted by Gasteiger charge is -2.20. The van der Waals surface area contributed by atoms with Crippen LogP contribution in [0.5, 0.6) is 5.75 Å². The van der Waals surface area contributed by atoms with Crippen LogP contribution in [0, 0.1) is 13.8 Å². The van der Waals surface area contributed by atoms with Gasteiger partial charge in [-0.2, -0.15) is 0 Å². The molecule has 0 spiro atoms. The van der Waals surface area contributed by atoms with E-state index in [1.54, 1.807) is 6.92 Å². The van der Waals surface area contributed by atoms with Crippen LogP contribution in [0.3, 0.4) is 0 Å². The molecule has 0 heterocycles. The zero-order valence-electron chi connectivity index (χ0n) is 15.7. The normalized spacial score (nSPS) is 13.2. The molecule has 0 aliphatic rings. The van der Waals surface area contributed by atoms with Gasteiger partial charge < -0.3 is 10.1 Å². The van der Waals surface area contributed by atoms with Crippen LogP contribution in [-0.4, -0.2) is 12.0 Å². The van der Waals surface area contributed by atoms with Gasteiger partial charge in [-0.05, 0) is 55.8 Å². The number of hydrogen-bond donors (Lipinski definition) is 1. The van der Waals surface area contributed by atoms with Crippen LogP contribution in [-0.2, 0) is 4.79 Å². The van der Waals surface area contributed by atoms with E-state index >= 15 is 0 Å². The molecule has 3 rings (SSSR count). The SMILES string of the molecule is Cc1ccc(C(C)NC(=O)C(C)Oc2cccc3ccccc23)cc1C. The minimum absolute atomic E-state index is 0.0691. The number of benzene rings is 3. The van der Waals surface area contributed by atoms with E-state index in [4.69, 9.17) is 4.74 Å². The van der Waals surface area contributed by atoms with Crippen molar-refractivity contribution < 1.29 is 9.53 Å². The van der Waals surface area contributed by atoms with Gasteiger partial charge in [0.05, 0.1) is 6.04 Å². The first kappa shape index (κ1) is 18.0. The molecule has 2 unspecified atom stereocenters. The van der Waals surface area contributed by atoms with Crippen LogP contribution in [0.1, 0.15) is 36.6 Å². The summed E-state index contributed by atoms with van der Waals surface area (Å²) in [6.45, 7) is 7.94. The van der Waals surface area contributed by atoms with E-state index in [2.05, 4.69) is 37.4 Å². The fourth-order valence-electron chi connectivity index (χ4n) is 2.99. The monoisotopic (exact) mass is 347 g/mol. The van der Waals surface area contributed by atoms with Crippen molar-refractivity contribution >= 4 is 16.7 Å². The maximum Gasteiger partial charge on any atom is 0.261 e. The highest BCUT2D eigenvalue weighted by atomic mass is 16.5. The second-order valence-electron chi connectivity index (χ2n) is 6.81. The van der Waals surface area contributed by atoms with E-state index in [1.165, 1.54) is 11.1 Å². The maximum absolute atomic E-state index is 12.6. The number of ether oxygens (including phenoxy) is 1. The lowest BCUT2D eigenvalue weighted by atomic mass is 10.0. The van der Waals surface area contributed by atoms with Crippen molar-refractivity contribution in [3.8, 4) is 5.75 Å². The van der Waals surface area contributed by atoms with Gasteiger partial charge in [-0.15, -0.1) is 0 Å². The summed E-state index contributed by atoms with van der Waals surface area (Å²) in [7, 11) is 0. The Morgan fingerprint density at radius 2 is 1.65 bits per heavy atom. The lowest BCUT2D eigenvalue weighted by Crippen LogP contribution is -2.37. The molecule has 1 N–H and O–H groups in total. The Kier molecular flexibility index (Phi) is 5.27. The quantitative estimate of drug-likeness (QED) is 0.697. The third kappa shape index (κ3) is 3.88. The summed E-state index contributed by atoms with van der Waals surface area (Å²) in [6.07, 6.45) is -0.574. The summed E-state index contributed by atoms with van der Waals surface area (Å²) in [5.74, 6) is 0.605. The fourth-order valence-corrected chi connectivity index (χ4v) is 2.99. The van der Waals surface area contributed by atoms with Gasteiger partial charge in [-0.25, -0.2) is 0 Å². The van der Waals surface area contributed by atoms with E-state index in [9.17, 15) is 4.79 Å². The number of amides is 1. The Balaban J connectivity index is 1.70. The standard InChI is InChI=1S/C23H25NO2/c1-15-12-13-20(14-16(15)2)17(3)24-23(25)18(4)26-22-11-7-9-19-8-5-6-10-21(19)22/h5-14,17-18H,1-4H3,(H,24,25). The molecule has 3 aromatic carbocycles. The van der Waals surface area contributed by atoms with Crippen molar-refractivity contribution in [3.63, 3.8) is 0 Å². The number of carbonyl (C=O) groups excluding carboxylic acids is 1. The van der Waals surface area contributed by atoms with Crippen molar-refractivity contribution in [2.75, 3.05) is 0 Å². The summed E-state index contributed by atoms with van der Waals surface area (Å²) in [6, 6.07) is 20.1. The minimum atomic E-state index is -0.574. The molecule has 0 aliphatic heterocycles. The second kappa shape index (κ2) is 7.61. The molecule has 2 atom stereocenters. The Morgan fingerprint density at radius 1 is 0.923 bits per heavy atom. The number of rotatable bonds is 5. The first-order valence-corrected chi connectivity index (χ1v) is 8.97. The van der Waals surface area contributed by atoms with E-state index in [0.717, 1.165) is 22.1 Å². The highest BCUT2D eigenvalue weighted by Crippen LogP contribution is 2.26. The second-order valence-corrected chi connectivity index (χ2v) is 6.81. The van der Waals surface area contributed by atoms with Gasteiger partial charge in [0.25, 0.3) is 5.91 Å². The molecular weight excluding hydrogens is 322 g/mol. The Bertz CT molecular complexity index is 927. The number of nitrogens with one attached hydrogen (secondary N) is 1. The van der Waals surface area contributed by atoms with Gasteiger partial charge in [0.2, 0.25) is 0 Å². The number of aryl methyl sites for hydroxylation is 2. The molecule has 0 aliphatic carbocycles. The van der Waals surface area contributed by atoms with Crippen molar-refractivity contribution in [1.82, 2.24) is 5.32 Å².